The third-order valence-electron chi connectivity index (χ3n) is 3.20. The zero-order valence-corrected chi connectivity index (χ0v) is 11.8. The molecule has 0 unspecified atom stereocenters. The van der Waals surface area contributed by atoms with Crippen LogP contribution in [0.4, 0.5) is 0 Å². The molecule has 0 atom stereocenters. The predicted molar refractivity (Wildman–Crippen MR) is 66.5 cm³/mol. The molecule has 2 aliphatic rings. The van der Waals surface area contributed by atoms with Crippen LogP contribution in [0.3, 0.4) is 0 Å². The van der Waals surface area contributed by atoms with Crippen molar-refractivity contribution in [1.82, 2.24) is 0 Å². The van der Waals surface area contributed by atoms with Gasteiger partial charge in [-0.25, -0.2) is 0 Å². The van der Waals surface area contributed by atoms with Crippen molar-refractivity contribution in [3.8, 4) is 0 Å². The van der Waals surface area contributed by atoms with E-state index >= 15 is 0 Å². The molecule has 6 nitrogen and oxygen atoms in total. The summed E-state index contributed by atoms with van der Waals surface area (Å²) in [7, 11) is 0. The highest BCUT2D eigenvalue weighted by molar-refractivity contribution is 4.75. The van der Waals surface area contributed by atoms with Crippen molar-refractivity contribution in [3.63, 3.8) is 0 Å². The van der Waals surface area contributed by atoms with E-state index in [1.165, 1.54) is 0 Å². The minimum atomic E-state index is -0.0808. The van der Waals surface area contributed by atoms with Crippen LogP contribution in [0.1, 0.15) is 13.8 Å². The Bertz CT molecular complexity index is 232. The molecule has 2 aliphatic heterocycles. The lowest BCUT2D eigenvalue weighted by Gasteiger charge is -2.34. The monoisotopic (exact) mass is 276 g/mol. The molecule has 0 bridgehead atoms. The molecule has 19 heavy (non-hydrogen) atoms. The van der Waals surface area contributed by atoms with Gasteiger partial charge in [0.05, 0.1) is 39.6 Å². The van der Waals surface area contributed by atoms with Crippen LogP contribution in [0, 0.1) is 10.8 Å². The fourth-order valence-corrected chi connectivity index (χ4v) is 2.16. The maximum absolute atomic E-state index is 5.55. The smallest absolute Gasteiger partial charge is 0.146 e. The highest BCUT2D eigenvalue weighted by atomic mass is 16.7. The summed E-state index contributed by atoms with van der Waals surface area (Å²) in [6, 6.07) is 0. The van der Waals surface area contributed by atoms with Gasteiger partial charge in [-0.15, -0.1) is 0 Å². The molecule has 0 N–H and O–H groups in total. The predicted octanol–water partition coefficient (Wildman–Crippen LogP) is 0.998. The van der Waals surface area contributed by atoms with Gasteiger partial charge in [-0.05, 0) is 0 Å². The van der Waals surface area contributed by atoms with E-state index in [-0.39, 0.29) is 17.6 Å². The number of ether oxygens (including phenoxy) is 6. The molecule has 2 heterocycles. The van der Waals surface area contributed by atoms with Crippen LogP contribution in [0.2, 0.25) is 0 Å². The summed E-state index contributed by atoms with van der Waals surface area (Å²) in [5, 5.41) is 0. The zero-order valence-electron chi connectivity index (χ0n) is 11.8. The van der Waals surface area contributed by atoms with Crippen molar-refractivity contribution in [2.75, 3.05) is 60.0 Å². The quantitative estimate of drug-likeness (QED) is 0.533. The Kier molecular flexibility index (Phi) is 5.56. The topological polar surface area (TPSA) is 55.4 Å². The number of rotatable bonds is 6. The first-order chi connectivity index (χ1) is 9.12. The lowest BCUT2D eigenvalue weighted by molar-refractivity contribution is -0.202. The van der Waals surface area contributed by atoms with Crippen LogP contribution >= 0.6 is 0 Å². The lowest BCUT2D eigenvalue weighted by Crippen LogP contribution is -2.40. The van der Waals surface area contributed by atoms with Crippen molar-refractivity contribution in [1.29, 1.82) is 0 Å². The van der Waals surface area contributed by atoms with Crippen molar-refractivity contribution in [3.05, 3.63) is 0 Å². The van der Waals surface area contributed by atoms with Crippen LogP contribution in [-0.2, 0) is 28.4 Å². The molecule has 0 radical (unpaired) electrons. The Morgan fingerprint density at radius 1 is 0.737 bits per heavy atom. The second-order valence-corrected chi connectivity index (χ2v) is 6.07. The number of hydrogen-bond acceptors (Lipinski definition) is 6. The van der Waals surface area contributed by atoms with E-state index in [9.17, 15) is 0 Å². The molecule has 0 spiro atoms. The van der Waals surface area contributed by atoms with E-state index in [1.807, 2.05) is 0 Å². The Hall–Kier alpha value is -0.240. The average Bonchev–Trinajstić information content (AvgIpc) is 2.40. The van der Waals surface area contributed by atoms with Gasteiger partial charge in [0.15, 0.2) is 0 Å². The molecule has 0 amide bonds. The Balaban J connectivity index is 1.56. The largest absolute Gasteiger partial charge is 0.355 e. The second-order valence-electron chi connectivity index (χ2n) is 6.07. The maximum Gasteiger partial charge on any atom is 0.146 e. The van der Waals surface area contributed by atoms with E-state index in [0.717, 1.165) is 0 Å². The molecule has 112 valence electrons. The first-order valence-electron chi connectivity index (χ1n) is 6.59. The van der Waals surface area contributed by atoms with Crippen molar-refractivity contribution in [2.45, 2.75) is 13.8 Å². The molecule has 0 aliphatic carbocycles. The number of hydrogen-bond donors (Lipinski definition) is 0. The van der Waals surface area contributed by atoms with Crippen molar-refractivity contribution < 1.29 is 28.4 Å². The van der Waals surface area contributed by atoms with Crippen LogP contribution in [0.15, 0.2) is 0 Å². The highest BCUT2D eigenvalue weighted by Crippen LogP contribution is 2.23. The average molecular weight is 276 g/mol. The van der Waals surface area contributed by atoms with E-state index < -0.39 is 0 Å². The minimum Gasteiger partial charge on any atom is -0.355 e. The SMILES string of the molecule is CC1(COCOCC2(C)COCOC2)COCOC1. The molecule has 0 saturated carbocycles. The highest BCUT2D eigenvalue weighted by Gasteiger charge is 2.30. The Morgan fingerprint density at radius 2 is 1.11 bits per heavy atom. The third-order valence-corrected chi connectivity index (χ3v) is 3.20. The molecule has 2 rings (SSSR count). The van der Waals surface area contributed by atoms with Gasteiger partial charge in [-0.3, -0.25) is 0 Å². The summed E-state index contributed by atoms with van der Waals surface area (Å²) in [5.74, 6) is 0. The molecular weight excluding hydrogens is 252 g/mol. The lowest BCUT2D eigenvalue weighted by atomic mass is 9.94. The summed E-state index contributed by atoms with van der Waals surface area (Å²) < 4.78 is 32.2. The standard InChI is InChI=1S/C13H24O6/c1-12(3-14-9-15-4-12)7-18-11-19-8-13(2)5-16-10-17-6-13/h3-11H2,1-2H3. The van der Waals surface area contributed by atoms with Crippen LogP contribution in [0.5, 0.6) is 0 Å². The summed E-state index contributed by atoms with van der Waals surface area (Å²) in [6.45, 7) is 8.96. The van der Waals surface area contributed by atoms with E-state index in [4.69, 9.17) is 28.4 Å². The first-order valence-corrected chi connectivity index (χ1v) is 6.59. The molecule has 6 heteroatoms. The molecule has 0 aromatic rings. The van der Waals surface area contributed by atoms with Crippen molar-refractivity contribution >= 4 is 0 Å². The van der Waals surface area contributed by atoms with E-state index in [2.05, 4.69) is 13.8 Å². The normalized spacial score (nSPS) is 26.2. The molecule has 2 fully saturated rings. The summed E-state index contributed by atoms with van der Waals surface area (Å²) in [6.07, 6.45) is 0. The van der Waals surface area contributed by atoms with E-state index in [1.54, 1.807) is 0 Å². The molecular formula is C13H24O6. The Labute approximate surface area is 114 Å². The fourth-order valence-electron chi connectivity index (χ4n) is 2.16. The van der Waals surface area contributed by atoms with Crippen molar-refractivity contribution in [2.24, 2.45) is 10.8 Å². The molecule has 2 saturated heterocycles. The summed E-state index contributed by atoms with van der Waals surface area (Å²) in [4.78, 5) is 0. The van der Waals surface area contributed by atoms with Crippen LogP contribution in [-0.4, -0.2) is 60.0 Å². The zero-order chi connectivity index (χ0) is 13.6. The van der Waals surface area contributed by atoms with Crippen LogP contribution < -0.4 is 0 Å². The van der Waals surface area contributed by atoms with Gasteiger partial charge in [0.25, 0.3) is 0 Å². The minimum absolute atomic E-state index is 0.0808. The fraction of sp³-hybridized carbons (Fsp3) is 1.00. The third kappa shape index (κ3) is 4.98. The Morgan fingerprint density at radius 3 is 1.47 bits per heavy atom. The second kappa shape index (κ2) is 6.97. The van der Waals surface area contributed by atoms with Gasteiger partial charge in [0, 0.05) is 10.8 Å². The van der Waals surface area contributed by atoms with Gasteiger partial charge >= 0.3 is 0 Å². The van der Waals surface area contributed by atoms with Gasteiger partial charge in [0.2, 0.25) is 0 Å². The van der Waals surface area contributed by atoms with E-state index in [0.29, 0.717) is 53.2 Å². The van der Waals surface area contributed by atoms with Gasteiger partial charge in [-0.1, -0.05) is 13.8 Å². The van der Waals surface area contributed by atoms with Gasteiger partial charge in [0.1, 0.15) is 20.4 Å². The molecule has 0 aromatic heterocycles. The maximum atomic E-state index is 5.55. The molecule has 0 aromatic carbocycles. The van der Waals surface area contributed by atoms with Crippen LogP contribution in [0.25, 0.3) is 0 Å². The first kappa shape index (κ1) is 15.2. The van der Waals surface area contributed by atoms with Gasteiger partial charge < -0.3 is 28.4 Å². The summed E-state index contributed by atoms with van der Waals surface area (Å²) >= 11 is 0. The summed E-state index contributed by atoms with van der Waals surface area (Å²) in [5.41, 5.74) is -0.162. The van der Waals surface area contributed by atoms with Gasteiger partial charge in [-0.2, -0.15) is 0 Å².